The second kappa shape index (κ2) is 8.62. The number of hydrogen-bond acceptors (Lipinski definition) is 7. The van der Waals surface area contributed by atoms with Crippen molar-refractivity contribution in [2.24, 2.45) is 0 Å². The zero-order valence-corrected chi connectivity index (χ0v) is 17.9. The molecule has 1 aromatic heterocycles. The van der Waals surface area contributed by atoms with Crippen molar-refractivity contribution in [3.8, 4) is 6.07 Å². The van der Waals surface area contributed by atoms with Crippen molar-refractivity contribution in [1.29, 1.82) is 5.26 Å². The number of aromatic nitrogens is 2. The maximum atomic E-state index is 12.5. The molecule has 1 fully saturated rings. The third-order valence-corrected chi connectivity index (χ3v) is 6.33. The van der Waals surface area contributed by atoms with E-state index >= 15 is 0 Å². The fourth-order valence-corrected chi connectivity index (χ4v) is 4.43. The number of nitrogens with one attached hydrogen (secondary N) is 2. The zero-order valence-electron chi connectivity index (χ0n) is 17.0. The first kappa shape index (κ1) is 20.6. The Hall–Kier alpha value is -3.64. The molecule has 0 atom stereocenters. The van der Waals surface area contributed by atoms with Crippen molar-refractivity contribution < 1.29 is 8.42 Å². The summed E-state index contributed by atoms with van der Waals surface area (Å²) in [6.45, 7) is 3.88. The number of benzene rings is 2. The van der Waals surface area contributed by atoms with Crippen molar-refractivity contribution in [2.45, 2.75) is 24.7 Å². The third-order valence-electron chi connectivity index (χ3n) is 4.93. The number of rotatable bonds is 6. The van der Waals surface area contributed by atoms with E-state index in [2.05, 4.69) is 24.9 Å². The molecule has 1 aliphatic heterocycles. The number of aryl methyl sites for hydroxylation is 1. The highest BCUT2D eigenvalue weighted by Gasteiger charge is 2.16. The summed E-state index contributed by atoms with van der Waals surface area (Å²) in [6.07, 6.45) is 2.31. The van der Waals surface area contributed by atoms with Gasteiger partial charge in [0.2, 0.25) is 5.95 Å². The van der Waals surface area contributed by atoms with Crippen molar-refractivity contribution in [3.05, 3.63) is 65.9 Å². The van der Waals surface area contributed by atoms with E-state index in [1.807, 2.05) is 19.1 Å². The summed E-state index contributed by atoms with van der Waals surface area (Å²) in [5.74, 6) is 1.42. The fraction of sp³-hybridized carbons (Fsp3) is 0.227. The molecule has 0 saturated carbocycles. The average molecular weight is 435 g/mol. The van der Waals surface area contributed by atoms with Crippen LogP contribution in [0.1, 0.15) is 24.1 Å². The van der Waals surface area contributed by atoms with Crippen LogP contribution in [-0.2, 0) is 10.0 Å². The van der Waals surface area contributed by atoms with E-state index in [4.69, 9.17) is 5.26 Å². The minimum atomic E-state index is -3.74. The Balaban J connectivity index is 1.46. The summed E-state index contributed by atoms with van der Waals surface area (Å²) in [5, 5.41) is 12.1. The molecule has 1 aliphatic rings. The standard InChI is InChI=1S/C22H22N6O2S/c1-16-14-21(26-22(24-16)28-12-2-3-13-28)25-18-6-8-19(9-7-18)27-31(29,30)20-10-4-17(15-23)5-11-20/h4-11,14,27H,2-3,12-13H2,1H3,(H,24,25,26). The highest BCUT2D eigenvalue weighted by molar-refractivity contribution is 7.92. The minimum absolute atomic E-state index is 0.0969. The maximum absolute atomic E-state index is 12.5. The molecule has 0 unspecified atom stereocenters. The normalized spacial score (nSPS) is 13.6. The molecule has 2 N–H and O–H groups in total. The van der Waals surface area contributed by atoms with Gasteiger partial charge < -0.3 is 10.2 Å². The van der Waals surface area contributed by atoms with Gasteiger partial charge in [-0.3, -0.25) is 4.72 Å². The molecule has 8 nitrogen and oxygen atoms in total. The topological polar surface area (TPSA) is 111 Å². The van der Waals surface area contributed by atoms with Gasteiger partial charge in [0.15, 0.2) is 0 Å². The molecule has 0 spiro atoms. The number of anilines is 4. The molecule has 4 rings (SSSR count). The first-order valence-corrected chi connectivity index (χ1v) is 11.4. The molecule has 2 aromatic carbocycles. The second-order valence-corrected chi connectivity index (χ2v) is 9.02. The maximum Gasteiger partial charge on any atom is 0.261 e. The van der Waals surface area contributed by atoms with Crippen LogP contribution in [0.25, 0.3) is 0 Å². The lowest BCUT2D eigenvalue weighted by Gasteiger charge is -2.17. The molecule has 158 valence electrons. The fourth-order valence-electron chi connectivity index (χ4n) is 3.37. The summed E-state index contributed by atoms with van der Waals surface area (Å²) < 4.78 is 27.6. The Morgan fingerprint density at radius 3 is 2.26 bits per heavy atom. The van der Waals surface area contributed by atoms with Crippen molar-refractivity contribution in [1.82, 2.24) is 9.97 Å². The van der Waals surface area contributed by atoms with E-state index in [1.165, 1.54) is 24.3 Å². The van der Waals surface area contributed by atoms with Gasteiger partial charge >= 0.3 is 0 Å². The highest BCUT2D eigenvalue weighted by atomic mass is 32.2. The Morgan fingerprint density at radius 2 is 1.61 bits per heavy atom. The zero-order chi connectivity index (χ0) is 21.8. The van der Waals surface area contributed by atoms with Gasteiger partial charge in [0, 0.05) is 36.2 Å². The Kier molecular flexibility index (Phi) is 5.73. The lowest BCUT2D eigenvalue weighted by Crippen LogP contribution is -2.21. The minimum Gasteiger partial charge on any atom is -0.341 e. The monoisotopic (exact) mass is 434 g/mol. The first-order valence-electron chi connectivity index (χ1n) is 9.94. The first-order chi connectivity index (χ1) is 14.9. The average Bonchev–Trinajstić information content (AvgIpc) is 3.30. The summed E-state index contributed by atoms with van der Waals surface area (Å²) in [7, 11) is -3.74. The van der Waals surface area contributed by atoms with Gasteiger partial charge in [0.1, 0.15) is 5.82 Å². The quantitative estimate of drug-likeness (QED) is 0.607. The van der Waals surface area contributed by atoms with Gasteiger partial charge in [0.25, 0.3) is 10.0 Å². The van der Waals surface area contributed by atoms with Crippen LogP contribution in [0, 0.1) is 18.3 Å². The number of hydrogen-bond donors (Lipinski definition) is 2. The van der Waals surface area contributed by atoms with Crippen molar-refractivity contribution in [3.63, 3.8) is 0 Å². The lowest BCUT2D eigenvalue weighted by atomic mass is 10.2. The summed E-state index contributed by atoms with van der Waals surface area (Å²) >= 11 is 0. The Bertz CT molecular complexity index is 1210. The van der Waals surface area contributed by atoms with Gasteiger partial charge in [-0.15, -0.1) is 0 Å². The molecule has 2 heterocycles. The third kappa shape index (κ3) is 4.92. The Labute approximate surface area is 181 Å². The van der Waals surface area contributed by atoms with E-state index in [1.54, 1.807) is 24.3 Å². The summed E-state index contributed by atoms with van der Waals surface area (Å²) in [6, 6.07) is 16.5. The number of nitrogens with zero attached hydrogens (tertiary/aromatic N) is 4. The summed E-state index contributed by atoms with van der Waals surface area (Å²) in [4.78, 5) is 11.4. The molecule has 31 heavy (non-hydrogen) atoms. The van der Waals surface area contributed by atoms with E-state index < -0.39 is 10.0 Å². The van der Waals surface area contributed by atoms with Crippen LogP contribution < -0.4 is 14.9 Å². The molecule has 0 bridgehead atoms. The summed E-state index contributed by atoms with van der Waals surface area (Å²) in [5.41, 5.74) is 2.51. The van der Waals surface area contributed by atoms with Gasteiger partial charge in [-0.25, -0.2) is 13.4 Å². The molecular weight excluding hydrogens is 412 g/mol. The molecule has 0 radical (unpaired) electrons. The largest absolute Gasteiger partial charge is 0.341 e. The number of nitriles is 1. The van der Waals surface area contributed by atoms with Crippen LogP contribution in [0.3, 0.4) is 0 Å². The predicted octanol–water partition coefficient (Wildman–Crippen LogP) is 3.80. The van der Waals surface area contributed by atoms with Gasteiger partial charge in [-0.2, -0.15) is 10.2 Å². The Morgan fingerprint density at radius 1 is 0.968 bits per heavy atom. The lowest BCUT2D eigenvalue weighted by molar-refractivity contribution is 0.601. The number of sulfonamides is 1. The highest BCUT2D eigenvalue weighted by Crippen LogP contribution is 2.23. The molecule has 9 heteroatoms. The van der Waals surface area contributed by atoms with E-state index in [-0.39, 0.29) is 4.90 Å². The van der Waals surface area contributed by atoms with E-state index in [0.717, 1.165) is 43.3 Å². The van der Waals surface area contributed by atoms with Crippen LogP contribution in [0.4, 0.5) is 23.1 Å². The van der Waals surface area contributed by atoms with Crippen LogP contribution >= 0.6 is 0 Å². The van der Waals surface area contributed by atoms with Crippen LogP contribution in [0.2, 0.25) is 0 Å². The van der Waals surface area contributed by atoms with E-state index in [9.17, 15) is 8.42 Å². The predicted molar refractivity (Wildman–Crippen MR) is 120 cm³/mol. The SMILES string of the molecule is Cc1cc(Nc2ccc(NS(=O)(=O)c3ccc(C#N)cc3)cc2)nc(N2CCCC2)n1. The van der Waals surface area contributed by atoms with Gasteiger partial charge in [-0.05, 0) is 68.3 Å². The molecule has 0 aliphatic carbocycles. The molecular formula is C22H22N6O2S. The smallest absolute Gasteiger partial charge is 0.261 e. The molecule has 1 saturated heterocycles. The van der Waals surface area contributed by atoms with Crippen LogP contribution in [0.15, 0.2) is 59.5 Å². The van der Waals surface area contributed by atoms with Gasteiger partial charge in [-0.1, -0.05) is 0 Å². The van der Waals surface area contributed by atoms with Crippen LogP contribution in [0.5, 0.6) is 0 Å². The molecule has 0 amide bonds. The molecule has 3 aromatic rings. The van der Waals surface area contributed by atoms with Crippen molar-refractivity contribution in [2.75, 3.05) is 28.0 Å². The van der Waals surface area contributed by atoms with Gasteiger partial charge in [0.05, 0.1) is 16.5 Å². The van der Waals surface area contributed by atoms with Crippen LogP contribution in [-0.4, -0.2) is 31.5 Å². The van der Waals surface area contributed by atoms with E-state index in [0.29, 0.717) is 17.1 Å². The second-order valence-electron chi connectivity index (χ2n) is 7.33. The van der Waals surface area contributed by atoms with Crippen molar-refractivity contribution >= 4 is 33.2 Å².